The number of nitrogens with one attached hydrogen (secondary N) is 1. The maximum atomic E-state index is 12.7. The van der Waals surface area contributed by atoms with Gasteiger partial charge in [-0.05, 0) is 37.3 Å². The highest BCUT2D eigenvalue weighted by Crippen LogP contribution is 2.51. The third kappa shape index (κ3) is 1.86. The van der Waals surface area contributed by atoms with Crippen molar-refractivity contribution in [2.24, 2.45) is 17.8 Å². The van der Waals surface area contributed by atoms with Gasteiger partial charge in [0.2, 0.25) is 5.91 Å². The molecular formula is C18H22N2O2. The molecule has 2 heterocycles. The first-order valence-electron chi connectivity index (χ1n) is 8.17. The summed E-state index contributed by atoms with van der Waals surface area (Å²) < 4.78 is 0. The maximum Gasteiger partial charge on any atom is 0.223 e. The molecule has 1 amide bonds. The highest BCUT2D eigenvalue weighted by atomic mass is 16.2. The highest BCUT2D eigenvalue weighted by Gasteiger charge is 2.62. The Morgan fingerprint density at radius 2 is 2.14 bits per heavy atom. The number of benzene rings is 1. The lowest BCUT2D eigenvalue weighted by Gasteiger charge is -2.55. The van der Waals surface area contributed by atoms with Crippen LogP contribution in [0.4, 0.5) is 0 Å². The van der Waals surface area contributed by atoms with E-state index >= 15 is 0 Å². The van der Waals surface area contributed by atoms with E-state index in [9.17, 15) is 9.59 Å². The van der Waals surface area contributed by atoms with Crippen molar-refractivity contribution in [2.75, 3.05) is 6.54 Å². The molecule has 4 nitrogen and oxygen atoms in total. The van der Waals surface area contributed by atoms with Crippen LogP contribution in [-0.2, 0) is 16.1 Å². The van der Waals surface area contributed by atoms with Crippen LogP contribution in [0.25, 0.3) is 0 Å². The van der Waals surface area contributed by atoms with Gasteiger partial charge in [-0.15, -0.1) is 0 Å². The Balaban J connectivity index is 1.71. The van der Waals surface area contributed by atoms with Crippen LogP contribution in [0.1, 0.15) is 25.3 Å². The summed E-state index contributed by atoms with van der Waals surface area (Å²) in [6.07, 6.45) is 2.61. The van der Waals surface area contributed by atoms with Crippen LogP contribution in [-0.4, -0.2) is 35.2 Å². The van der Waals surface area contributed by atoms with Crippen LogP contribution in [0.15, 0.2) is 30.3 Å². The molecule has 0 spiro atoms. The Labute approximate surface area is 130 Å². The molecule has 4 heteroatoms. The van der Waals surface area contributed by atoms with Gasteiger partial charge in [0, 0.05) is 24.4 Å². The number of nitrogens with zero attached hydrogens (tertiary/aromatic N) is 1. The van der Waals surface area contributed by atoms with Crippen molar-refractivity contribution in [2.45, 2.75) is 37.9 Å². The van der Waals surface area contributed by atoms with Gasteiger partial charge in [0.1, 0.15) is 6.29 Å². The average Bonchev–Trinajstić information content (AvgIpc) is 2.75. The fourth-order valence-corrected chi connectivity index (χ4v) is 5.10. The minimum atomic E-state index is -0.114. The number of carbonyl (C=O) groups excluding carboxylic acids is 2. The molecule has 2 saturated heterocycles. The third-order valence-electron chi connectivity index (χ3n) is 6.10. The number of carbonyl (C=O) groups is 2. The van der Waals surface area contributed by atoms with Gasteiger partial charge in [0.15, 0.2) is 0 Å². The van der Waals surface area contributed by atoms with Crippen molar-refractivity contribution in [3.63, 3.8) is 0 Å². The van der Waals surface area contributed by atoms with Gasteiger partial charge < -0.3 is 15.0 Å². The summed E-state index contributed by atoms with van der Waals surface area (Å²) in [7, 11) is 0. The van der Waals surface area contributed by atoms with Gasteiger partial charge in [-0.2, -0.15) is 0 Å². The Morgan fingerprint density at radius 1 is 1.36 bits per heavy atom. The number of likely N-dealkylation sites (tertiary alicyclic amines) is 1. The van der Waals surface area contributed by atoms with Crippen LogP contribution in [0.5, 0.6) is 0 Å². The van der Waals surface area contributed by atoms with E-state index in [0.29, 0.717) is 24.8 Å². The second-order valence-electron chi connectivity index (χ2n) is 7.22. The number of aldehydes is 1. The molecule has 1 N–H and O–H groups in total. The van der Waals surface area contributed by atoms with Gasteiger partial charge in [-0.1, -0.05) is 30.3 Å². The monoisotopic (exact) mass is 298 g/mol. The van der Waals surface area contributed by atoms with Crippen molar-refractivity contribution in [1.82, 2.24) is 10.2 Å². The van der Waals surface area contributed by atoms with Crippen LogP contribution in [0.2, 0.25) is 0 Å². The van der Waals surface area contributed by atoms with E-state index in [-0.39, 0.29) is 23.4 Å². The molecule has 1 aliphatic carbocycles. The predicted molar refractivity (Wildman–Crippen MR) is 83.0 cm³/mol. The normalized spacial score (nSPS) is 39.9. The van der Waals surface area contributed by atoms with Gasteiger partial charge >= 0.3 is 0 Å². The molecule has 1 aromatic rings. The number of amides is 1. The van der Waals surface area contributed by atoms with E-state index in [2.05, 4.69) is 12.2 Å². The van der Waals surface area contributed by atoms with Crippen molar-refractivity contribution >= 4 is 12.2 Å². The third-order valence-corrected chi connectivity index (χ3v) is 6.10. The number of hydrogen-bond donors (Lipinski definition) is 1. The molecule has 4 bridgehead atoms. The molecule has 22 heavy (non-hydrogen) atoms. The van der Waals surface area contributed by atoms with E-state index in [1.165, 1.54) is 0 Å². The summed E-state index contributed by atoms with van der Waals surface area (Å²) >= 11 is 0. The molecule has 0 aromatic heterocycles. The second kappa shape index (κ2) is 4.92. The topological polar surface area (TPSA) is 49.4 Å². The summed E-state index contributed by atoms with van der Waals surface area (Å²) in [4.78, 5) is 26.3. The minimum absolute atomic E-state index is 0.0183. The smallest absolute Gasteiger partial charge is 0.223 e. The van der Waals surface area contributed by atoms with Crippen LogP contribution >= 0.6 is 0 Å². The zero-order valence-corrected chi connectivity index (χ0v) is 12.9. The standard InChI is InChI=1S/C18H22N2O2/c1-18-15-8-16(22)20(10-12-5-3-2-4-6-12)17(18)14(11-21)7-13(15)9-19-18/h2-6,11,13-15,17,19H,7-10H2,1H3/t13-,14+,15-,17+,18+/m1/s1. The second-order valence-corrected chi connectivity index (χ2v) is 7.22. The Hall–Kier alpha value is -1.68. The van der Waals surface area contributed by atoms with Gasteiger partial charge in [0.05, 0.1) is 6.04 Å². The Morgan fingerprint density at radius 3 is 2.86 bits per heavy atom. The number of hydrogen-bond acceptors (Lipinski definition) is 3. The molecular weight excluding hydrogens is 276 g/mol. The number of piperidine rings is 1. The molecule has 3 fully saturated rings. The molecule has 1 aromatic carbocycles. The van der Waals surface area contributed by atoms with E-state index in [4.69, 9.17) is 0 Å². The van der Waals surface area contributed by atoms with Crippen LogP contribution < -0.4 is 5.32 Å². The molecule has 1 saturated carbocycles. The first-order chi connectivity index (χ1) is 10.6. The average molecular weight is 298 g/mol. The summed E-state index contributed by atoms with van der Waals surface area (Å²) in [5, 5.41) is 3.64. The zero-order valence-electron chi connectivity index (χ0n) is 12.9. The minimum Gasteiger partial charge on any atom is -0.333 e. The summed E-state index contributed by atoms with van der Waals surface area (Å²) in [5.74, 6) is 1.01. The van der Waals surface area contributed by atoms with E-state index in [1.54, 1.807) is 0 Å². The Kier molecular flexibility index (Phi) is 3.12. The lowest BCUT2D eigenvalue weighted by molar-refractivity contribution is -0.152. The van der Waals surface area contributed by atoms with Crippen molar-refractivity contribution in [1.29, 1.82) is 0 Å². The molecule has 3 aliphatic rings. The van der Waals surface area contributed by atoms with Gasteiger partial charge in [-0.25, -0.2) is 0 Å². The summed E-state index contributed by atoms with van der Waals surface area (Å²) in [6.45, 7) is 3.75. The predicted octanol–water partition coefficient (Wildman–Crippen LogP) is 1.60. The SMILES string of the molecule is C[C@@]12NC[C@H]3C[C@@H](C=O)[C@@H]1N(Cc1ccccc1)C(=O)C[C@H]32. The number of rotatable bonds is 3. The quantitative estimate of drug-likeness (QED) is 0.862. The van der Waals surface area contributed by atoms with Crippen molar-refractivity contribution in [3.05, 3.63) is 35.9 Å². The molecule has 0 unspecified atom stereocenters. The van der Waals surface area contributed by atoms with Gasteiger partial charge in [-0.3, -0.25) is 4.79 Å². The maximum absolute atomic E-state index is 12.7. The molecule has 5 atom stereocenters. The first-order valence-corrected chi connectivity index (χ1v) is 8.17. The zero-order chi connectivity index (χ0) is 15.3. The van der Waals surface area contributed by atoms with Crippen LogP contribution in [0.3, 0.4) is 0 Å². The lowest BCUT2D eigenvalue weighted by Crippen LogP contribution is -2.69. The highest BCUT2D eigenvalue weighted by molar-refractivity contribution is 5.80. The van der Waals surface area contributed by atoms with E-state index in [1.807, 2.05) is 35.2 Å². The lowest BCUT2D eigenvalue weighted by atomic mass is 9.60. The van der Waals surface area contributed by atoms with E-state index in [0.717, 1.165) is 24.8 Å². The van der Waals surface area contributed by atoms with Crippen molar-refractivity contribution < 1.29 is 9.59 Å². The first kappa shape index (κ1) is 13.9. The fraction of sp³-hybridized carbons (Fsp3) is 0.556. The largest absolute Gasteiger partial charge is 0.333 e. The molecule has 116 valence electrons. The van der Waals surface area contributed by atoms with Crippen LogP contribution in [0, 0.1) is 17.8 Å². The van der Waals surface area contributed by atoms with Crippen molar-refractivity contribution in [3.8, 4) is 0 Å². The molecule has 2 aliphatic heterocycles. The van der Waals surface area contributed by atoms with E-state index < -0.39 is 0 Å². The summed E-state index contributed by atoms with van der Waals surface area (Å²) in [6, 6.07) is 10.1. The fourth-order valence-electron chi connectivity index (χ4n) is 5.10. The summed E-state index contributed by atoms with van der Waals surface area (Å²) in [5.41, 5.74) is 1.01. The Bertz CT molecular complexity index is 602. The van der Waals surface area contributed by atoms with Gasteiger partial charge in [0.25, 0.3) is 0 Å². The molecule has 4 rings (SSSR count). The molecule has 0 radical (unpaired) electrons.